The van der Waals surface area contributed by atoms with Gasteiger partial charge in [0.25, 0.3) is 0 Å². The van der Waals surface area contributed by atoms with Crippen molar-refractivity contribution in [3.05, 3.63) is 22.5 Å². The summed E-state index contributed by atoms with van der Waals surface area (Å²) < 4.78 is 0. The Morgan fingerprint density at radius 1 is 1.35 bits per heavy atom. The summed E-state index contributed by atoms with van der Waals surface area (Å²) in [6.45, 7) is 8.55. The van der Waals surface area contributed by atoms with E-state index in [0.29, 0.717) is 0 Å². The first kappa shape index (κ1) is 12.5. The van der Waals surface area contributed by atoms with E-state index in [2.05, 4.69) is 37.7 Å². The van der Waals surface area contributed by atoms with Crippen molar-refractivity contribution in [2.75, 3.05) is 0 Å². The largest absolute Gasteiger partial charge is 0.327 e. The maximum Gasteiger partial charge on any atom is 0.127 e. The van der Waals surface area contributed by atoms with Crippen molar-refractivity contribution in [3.8, 4) is 0 Å². The Balaban J connectivity index is 2.61. The zero-order valence-corrected chi connectivity index (χ0v) is 11.6. The Morgan fingerprint density at radius 2 is 2.06 bits per heavy atom. The monoisotopic (exact) mass is 249 g/mol. The molecule has 0 saturated carbocycles. The van der Waals surface area contributed by atoms with Crippen LogP contribution in [0.15, 0.2) is 6.33 Å². The van der Waals surface area contributed by atoms with E-state index < -0.39 is 0 Å². The van der Waals surface area contributed by atoms with Gasteiger partial charge in [-0.25, -0.2) is 9.97 Å². The highest BCUT2D eigenvalue weighted by molar-refractivity contribution is 7.18. The van der Waals surface area contributed by atoms with E-state index in [1.807, 2.05) is 0 Å². The van der Waals surface area contributed by atoms with Crippen LogP contribution in [0, 0.1) is 13.8 Å². The second kappa shape index (κ2) is 4.70. The molecule has 2 N–H and O–H groups in total. The van der Waals surface area contributed by atoms with Crippen molar-refractivity contribution in [2.45, 2.75) is 46.1 Å². The van der Waals surface area contributed by atoms with Crippen LogP contribution in [0.5, 0.6) is 0 Å². The summed E-state index contributed by atoms with van der Waals surface area (Å²) in [5.41, 5.74) is 8.54. The SMILES string of the molecule is CCC(N)C(C)c1ncnc2sc(C)c(C)c12. The lowest BCUT2D eigenvalue weighted by Gasteiger charge is -2.18. The summed E-state index contributed by atoms with van der Waals surface area (Å²) >= 11 is 1.74. The molecule has 0 aromatic carbocycles. The molecule has 0 bridgehead atoms. The molecule has 0 amide bonds. The van der Waals surface area contributed by atoms with Gasteiger partial charge in [0.05, 0.1) is 5.69 Å². The molecule has 2 atom stereocenters. The van der Waals surface area contributed by atoms with Crippen molar-refractivity contribution in [1.82, 2.24) is 9.97 Å². The van der Waals surface area contributed by atoms with Crippen LogP contribution in [0.2, 0.25) is 0 Å². The molecule has 0 spiro atoms. The van der Waals surface area contributed by atoms with Gasteiger partial charge in [-0.1, -0.05) is 13.8 Å². The molecule has 92 valence electrons. The van der Waals surface area contributed by atoms with Crippen molar-refractivity contribution < 1.29 is 0 Å². The molecule has 3 nitrogen and oxygen atoms in total. The predicted molar refractivity (Wildman–Crippen MR) is 73.6 cm³/mol. The highest BCUT2D eigenvalue weighted by Gasteiger charge is 2.20. The van der Waals surface area contributed by atoms with Crippen LogP contribution in [-0.4, -0.2) is 16.0 Å². The van der Waals surface area contributed by atoms with Gasteiger partial charge in [-0.2, -0.15) is 0 Å². The van der Waals surface area contributed by atoms with Gasteiger partial charge < -0.3 is 5.73 Å². The van der Waals surface area contributed by atoms with Crippen LogP contribution in [-0.2, 0) is 0 Å². The van der Waals surface area contributed by atoms with Crippen LogP contribution < -0.4 is 5.73 Å². The summed E-state index contributed by atoms with van der Waals surface area (Å²) in [6, 6.07) is 0.160. The molecule has 0 aliphatic rings. The Hall–Kier alpha value is -1.00. The Labute approximate surface area is 106 Å². The average molecular weight is 249 g/mol. The van der Waals surface area contributed by atoms with E-state index in [1.165, 1.54) is 15.8 Å². The quantitative estimate of drug-likeness (QED) is 0.909. The topological polar surface area (TPSA) is 51.8 Å². The smallest absolute Gasteiger partial charge is 0.127 e. The van der Waals surface area contributed by atoms with Crippen molar-refractivity contribution in [3.63, 3.8) is 0 Å². The van der Waals surface area contributed by atoms with Crippen LogP contribution in [0.3, 0.4) is 0 Å². The molecular weight excluding hydrogens is 230 g/mol. The molecule has 4 heteroatoms. The van der Waals surface area contributed by atoms with Crippen molar-refractivity contribution >= 4 is 21.6 Å². The van der Waals surface area contributed by atoms with Crippen molar-refractivity contribution in [1.29, 1.82) is 0 Å². The van der Waals surface area contributed by atoms with Gasteiger partial charge in [0, 0.05) is 22.2 Å². The highest BCUT2D eigenvalue weighted by Crippen LogP contribution is 2.33. The van der Waals surface area contributed by atoms with Gasteiger partial charge in [-0.05, 0) is 25.8 Å². The van der Waals surface area contributed by atoms with E-state index in [1.54, 1.807) is 17.7 Å². The zero-order chi connectivity index (χ0) is 12.6. The second-order valence-electron chi connectivity index (χ2n) is 4.58. The van der Waals surface area contributed by atoms with Crippen molar-refractivity contribution in [2.24, 2.45) is 5.73 Å². The fourth-order valence-corrected chi connectivity index (χ4v) is 3.12. The van der Waals surface area contributed by atoms with Crippen LogP contribution in [0.1, 0.15) is 42.3 Å². The third-order valence-corrected chi connectivity index (χ3v) is 4.65. The molecule has 0 fully saturated rings. The van der Waals surface area contributed by atoms with Gasteiger partial charge >= 0.3 is 0 Å². The molecule has 2 unspecified atom stereocenters. The maximum atomic E-state index is 6.14. The number of thiophene rings is 1. The molecule has 2 heterocycles. The summed E-state index contributed by atoms with van der Waals surface area (Å²) in [5.74, 6) is 0.276. The van der Waals surface area contributed by atoms with Gasteiger partial charge in [-0.3, -0.25) is 0 Å². The minimum Gasteiger partial charge on any atom is -0.327 e. The van der Waals surface area contributed by atoms with Gasteiger partial charge in [0.1, 0.15) is 11.2 Å². The van der Waals surface area contributed by atoms with Crippen LogP contribution >= 0.6 is 11.3 Å². The molecular formula is C13H19N3S. The molecule has 2 aromatic rings. The summed E-state index contributed by atoms with van der Waals surface area (Å²) in [4.78, 5) is 11.2. The molecule has 0 aliphatic heterocycles. The van der Waals surface area contributed by atoms with E-state index >= 15 is 0 Å². The summed E-state index contributed by atoms with van der Waals surface area (Å²) in [7, 11) is 0. The van der Waals surface area contributed by atoms with E-state index in [-0.39, 0.29) is 12.0 Å². The molecule has 0 aliphatic carbocycles. The predicted octanol–water partition coefficient (Wildman–Crippen LogP) is 3.15. The molecule has 17 heavy (non-hydrogen) atoms. The number of aryl methyl sites for hydroxylation is 2. The zero-order valence-electron chi connectivity index (χ0n) is 10.8. The third kappa shape index (κ3) is 2.07. The fourth-order valence-electron chi connectivity index (χ4n) is 2.11. The lowest BCUT2D eigenvalue weighted by molar-refractivity contribution is 0.543. The number of nitrogens with two attached hydrogens (primary N) is 1. The fraction of sp³-hybridized carbons (Fsp3) is 0.538. The number of aromatic nitrogens is 2. The molecule has 2 rings (SSSR count). The number of rotatable bonds is 3. The first-order valence-corrected chi connectivity index (χ1v) is 6.84. The first-order chi connectivity index (χ1) is 8.06. The maximum absolute atomic E-state index is 6.14. The Morgan fingerprint density at radius 3 is 2.71 bits per heavy atom. The first-order valence-electron chi connectivity index (χ1n) is 6.02. The molecule has 0 radical (unpaired) electrons. The minimum atomic E-state index is 0.160. The minimum absolute atomic E-state index is 0.160. The lowest BCUT2D eigenvalue weighted by atomic mass is 9.94. The number of fused-ring (bicyclic) bond motifs is 1. The second-order valence-corrected chi connectivity index (χ2v) is 5.79. The third-order valence-electron chi connectivity index (χ3n) is 3.54. The molecule has 0 saturated heterocycles. The van der Waals surface area contributed by atoms with Crippen LogP contribution in [0.4, 0.5) is 0 Å². The van der Waals surface area contributed by atoms with Gasteiger partial charge in [0.15, 0.2) is 0 Å². The number of hydrogen-bond acceptors (Lipinski definition) is 4. The average Bonchev–Trinajstić information content (AvgIpc) is 2.63. The van der Waals surface area contributed by atoms with E-state index in [9.17, 15) is 0 Å². The van der Waals surface area contributed by atoms with E-state index in [0.717, 1.165) is 16.9 Å². The number of hydrogen-bond donors (Lipinski definition) is 1. The number of nitrogens with zero attached hydrogens (tertiary/aromatic N) is 2. The lowest BCUT2D eigenvalue weighted by Crippen LogP contribution is -2.26. The Bertz CT molecular complexity index is 533. The summed E-state index contributed by atoms with van der Waals surface area (Å²) in [5, 5.41) is 1.21. The van der Waals surface area contributed by atoms with E-state index in [4.69, 9.17) is 5.73 Å². The summed E-state index contributed by atoms with van der Waals surface area (Å²) in [6.07, 6.45) is 2.63. The Kier molecular flexibility index (Phi) is 3.45. The molecule has 2 aromatic heterocycles. The standard InChI is InChI=1S/C13H19N3S/c1-5-10(14)8(3)12-11-7(2)9(4)17-13(11)16-6-15-12/h6,8,10H,5,14H2,1-4H3. The highest BCUT2D eigenvalue weighted by atomic mass is 32.1. The van der Waals surface area contributed by atoms with Crippen LogP contribution in [0.25, 0.3) is 10.2 Å². The van der Waals surface area contributed by atoms with Gasteiger partial charge in [-0.15, -0.1) is 11.3 Å². The normalized spacial score (nSPS) is 15.1. The van der Waals surface area contributed by atoms with Gasteiger partial charge in [0.2, 0.25) is 0 Å².